The van der Waals surface area contributed by atoms with Gasteiger partial charge in [0.15, 0.2) is 0 Å². The molecule has 0 radical (unpaired) electrons. The number of anilines is 1. The summed E-state index contributed by atoms with van der Waals surface area (Å²) in [6.45, 7) is 1.92. The van der Waals surface area contributed by atoms with Crippen molar-refractivity contribution < 1.29 is 4.39 Å². The third kappa shape index (κ3) is 2.92. The summed E-state index contributed by atoms with van der Waals surface area (Å²) in [5.41, 5.74) is 1.45. The molecule has 2 nitrogen and oxygen atoms in total. The third-order valence-corrected chi connectivity index (χ3v) is 3.37. The van der Waals surface area contributed by atoms with E-state index in [1.165, 1.54) is 6.07 Å². The van der Waals surface area contributed by atoms with Gasteiger partial charge >= 0.3 is 0 Å². The number of benzene rings is 1. The van der Waals surface area contributed by atoms with Crippen molar-refractivity contribution in [2.24, 2.45) is 0 Å². The molecule has 18 heavy (non-hydrogen) atoms. The lowest BCUT2D eigenvalue weighted by molar-refractivity contribution is 0.621. The van der Waals surface area contributed by atoms with Crippen LogP contribution in [0.15, 0.2) is 36.7 Å². The van der Waals surface area contributed by atoms with Gasteiger partial charge in [-0.1, -0.05) is 35.3 Å². The smallest absolute Gasteiger partial charge is 0.143 e. The van der Waals surface area contributed by atoms with Gasteiger partial charge in [0, 0.05) is 6.07 Å². The molecule has 94 valence electrons. The molecule has 1 aromatic heterocycles. The van der Waals surface area contributed by atoms with Crippen molar-refractivity contribution in [1.82, 2.24) is 4.98 Å². The van der Waals surface area contributed by atoms with E-state index in [2.05, 4.69) is 10.3 Å². The molecule has 0 aliphatic carbocycles. The first-order valence-electron chi connectivity index (χ1n) is 5.39. The van der Waals surface area contributed by atoms with Crippen LogP contribution in [0.5, 0.6) is 0 Å². The second-order valence-corrected chi connectivity index (χ2v) is 4.69. The second-order valence-electron chi connectivity index (χ2n) is 3.90. The molecule has 0 aliphatic heterocycles. The van der Waals surface area contributed by atoms with Gasteiger partial charge in [0.1, 0.15) is 5.82 Å². The zero-order valence-electron chi connectivity index (χ0n) is 9.62. The minimum Gasteiger partial charge on any atom is -0.377 e. The molecule has 2 rings (SSSR count). The molecule has 0 amide bonds. The van der Waals surface area contributed by atoms with Crippen LogP contribution in [0.25, 0.3) is 0 Å². The average Bonchev–Trinajstić information content (AvgIpc) is 2.32. The number of hydrogen-bond donors (Lipinski definition) is 1. The van der Waals surface area contributed by atoms with Gasteiger partial charge in [-0.15, -0.1) is 0 Å². The number of aromatic nitrogens is 1. The third-order valence-electron chi connectivity index (χ3n) is 2.54. The number of nitrogens with one attached hydrogen (secondary N) is 1. The molecule has 2 aromatic rings. The highest BCUT2D eigenvalue weighted by atomic mass is 35.5. The fourth-order valence-corrected chi connectivity index (χ4v) is 2.14. The fraction of sp³-hybridized carbons (Fsp3) is 0.154. The molecule has 0 spiro atoms. The highest BCUT2D eigenvalue weighted by Crippen LogP contribution is 2.31. The van der Waals surface area contributed by atoms with Gasteiger partial charge in [-0.05, 0) is 18.6 Å². The van der Waals surface area contributed by atoms with E-state index < -0.39 is 0 Å². The van der Waals surface area contributed by atoms with Crippen molar-refractivity contribution in [3.63, 3.8) is 0 Å². The van der Waals surface area contributed by atoms with Crippen molar-refractivity contribution in [3.8, 4) is 0 Å². The lowest BCUT2D eigenvalue weighted by Crippen LogP contribution is -2.07. The SMILES string of the molecule is CC(Nc1cncc(F)c1)c1cccc(Cl)c1Cl. The predicted octanol–water partition coefficient (Wildman–Crippen LogP) is 4.70. The van der Waals surface area contributed by atoms with Crippen LogP contribution in [-0.4, -0.2) is 4.98 Å². The van der Waals surface area contributed by atoms with Gasteiger partial charge in [-0.2, -0.15) is 0 Å². The van der Waals surface area contributed by atoms with Gasteiger partial charge in [0.25, 0.3) is 0 Å². The maximum absolute atomic E-state index is 13.0. The van der Waals surface area contributed by atoms with E-state index in [0.29, 0.717) is 15.7 Å². The van der Waals surface area contributed by atoms with Crippen LogP contribution in [0, 0.1) is 5.82 Å². The number of nitrogens with zero attached hydrogens (tertiary/aromatic N) is 1. The van der Waals surface area contributed by atoms with Crippen molar-refractivity contribution in [1.29, 1.82) is 0 Å². The first-order chi connectivity index (χ1) is 8.58. The van der Waals surface area contributed by atoms with Crippen molar-refractivity contribution in [3.05, 3.63) is 58.1 Å². The number of hydrogen-bond acceptors (Lipinski definition) is 2. The Morgan fingerprint density at radius 1 is 1.28 bits per heavy atom. The number of rotatable bonds is 3. The Kier molecular flexibility index (Phi) is 4.04. The van der Waals surface area contributed by atoms with E-state index in [1.807, 2.05) is 19.1 Å². The monoisotopic (exact) mass is 284 g/mol. The normalized spacial score (nSPS) is 12.2. The maximum Gasteiger partial charge on any atom is 0.143 e. The molecule has 1 aromatic carbocycles. The van der Waals surface area contributed by atoms with Gasteiger partial charge in [-0.3, -0.25) is 4.98 Å². The summed E-state index contributed by atoms with van der Waals surface area (Å²) in [5, 5.41) is 4.12. The Labute approximate surface area is 115 Å². The summed E-state index contributed by atoms with van der Waals surface area (Å²) in [5.74, 6) is -0.385. The van der Waals surface area contributed by atoms with Crippen LogP contribution in [-0.2, 0) is 0 Å². The Morgan fingerprint density at radius 3 is 2.78 bits per heavy atom. The van der Waals surface area contributed by atoms with Crippen LogP contribution < -0.4 is 5.32 Å². The van der Waals surface area contributed by atoms with Crippen LogP contribution >= 0.6 is 23.2 Å². The Hall–Kier alpha value is -1.32. The predicted molar refractivity (Wildman–Crippen MR) is 72.7 cm³/mol. The quantitative estimate of drug-likeness (QED) is 0.884. The standard InChI is InChI=1S/C13H11Cl2FN2/c1-8(11-3-2-4-12(14)13(11)15)18-10-5-9(16)6-17-7-10/h2-8,18H,1H3. The summed E-state index contributed by atoms with van der Waals surface area (Å²) >= 11 is 12.1. The fourth-order valence-electron chi connectivity index (χ4n) is 1.67. The van der Waals surface area contributed by atoms with Gasteiger partial charge in [0.05, 0.1) is 34.2 Å². The Balaban J connectivity index is 2.22. The molecular formula is C13H11Cl2FN2. The van der Waals surface area contributed by atoms with Crippen LogP contribution in [0.3, 0.4) is 0 Å². The van der Waals surface area contributed by atoms with E-state index in [1.54, 1.807) is 12.3 Å². The molecule has 5 heteroatoms. The van der Waals surface area contributed by atoms with Crippen molar-refractivity contribution in [2.75, 3.05) is 5.32 Å². The molecular weight excluding hydrogens is 274 g/mol. The molecule has 0 saturated heterocycles. The largest absolute Gasteiger partial charge is 0.377 e. The summed E-state index contributed by atoms with van der Waals surface area (Å²) < 4.78 is 13.0. The van der Waals surface area contributed by atoms with E-state index in [-0.39, 0.29) is 11.9 Å². The molecule has 1 unspecified atom stereocenters. The van der Waals surface area contributed by atoms with Gasteiger partial charge in [-0.25, -0.2) is 4.39 Å². The topological polar surface area (TPSA) is 24.9 Å². The lowest BCUT2D eigenvalue weighted by Gasteiger charge is -2.17. The van der Waals surface area contributed by atoms with Gasteiger partial charge < -0.3 is 5.32 Å². The van der Waals surface area contributed by atoms with Crippen molar-refractivity contribution in [2.45, 2.75) is 13.0 Å². The first kappa shape index (κ1) is 13.1. The summed E-state index contributed by atoms with van der Waals surface area (Å²) in [7, 11) is 0. The molecule has 0 fully saturated rings. The maximum atomic E-state index is 13.0. The van der Waals surface area contributed by atoms with Crippen LogP contribution in [0.2, 0.25) is 10.0 Å². The van der Waals surface area contributed by atoms with Crippen LogP contribution in [0.1, 0.15) is 18.5 Å². The summed E-state index contributed by atoms with van der Waals surface area (Å²) in [6.07, 6.45) is 2.71. The minimum atomic E-state index is -0.385. The minimum absolute atomic E-state index is 0.0974. The molecule has 0 bridgehead atoms. The number of halogens is 3. The molecule has 1 heterocycles. The Bertz CT molecular complexity index is 560. The molecule has 1 atom stereocenters. The highest BCUT2D eigenvalue weighted by molar-refractivity contribution is 6.42. The van der Waals surface area contributed by atoms with Crippen molar-refractivity contribution >= 4 is 28.9 Å². The second kappa shape index (κ2) is 5.55. The summed E-state index contributed by atoms with van der Waals surface area (Å²) in [6, 6.07) is 6.70. The summed E-state index contributed by atoms with van der Waals surface area (Å²) in [4.78, 5) is 3.77. The highest BCUT2D eigenvalue weighted by Gasteiger charge is 2.12. The van der Waals surface area contributed by atoms with Crippen LogP contribution in [0.4, 0.5) is 10.1 Å². The zero-order valence-corrected chi connectivity index (χ0v) is 11.1. The Morgan fingerprint density at radius 2 is 2.06 bits per heavy atom. The molecule has 1 N–H and O–H groups in total. The average molecular weight is 285 g/mol. The van der Waals surface area contributed by atoms with E-state index >= 15 is 0 Å². The van der Waals surface area contributed by atoms with Gasteiger partial charge in [0.2, 0.25) is 0 Å². The van der Waals surface area contributed by atoms with E-state index in [0.717, 1.165) is 11.8 Å². The van der Waals surface area contributed by atoms with E-state index in [9.17, 15) is 4.39 Å². The molecule has 0 saturated carbocycles. The first-order valence-corrected chi connectivity index (χ1v) is 6.14. The lowest BCUT2D eigenvalue weighted by atomic mass is 10.1. The van der Waals surface area contributed by atoms with E-state index in [4.69, 9.17) is 23.2 Å². The number of pyridine rings is 1. The molecule has 0 aliphatic rings. The zero-order chi connectivity index (χ0) is 13.1.